The highest BCUT2D eigenvalue weighted by molar-refractivity contribution is 5.87. The van der Waals surface area contributed by atoms with E-state index in [0.29, 0.717) is 46.0 Å². The number of phenols is 2. The van der Waals surface area contributed by atoms with Gasteiger partial charge in [0.2, 0.25) is 0 Å². The van der Waals surface area contributed by atoms with Gasteiger partial charge in [0.25, 0.3) is 0 Å². The van der Waals surface area contributed by atoms with Crippen molar-refractivity contribution in [1.29, 1.82) is 0 Å². The first kappa shape index (κ1) is 28.0. The van der Waals surface area contributed by atoms with Crippen LogP contribution in [0.3, 0.4) is 0 Å². The van der Waals surface area contributed by atoms with Gasteiger partial charge in [-0.3, -0.25) is 9.59 Å². The summed E-state index contributed by atoms with van der Waals surface area (Å²) < 4.78 is 21.5. The number of ether oxygens (including phenoxy) is 2. The number of hydrogen-bond donors (Lipinski definition) is 2. The molecule has 0 aliphatic carbocycles. The molecule has 0 unspecified atom stereocenters. The molecular weight excluding hydrogens is 512 g/mol. The van der Waals surface area contributed by atoms with Crippen molar-refractivity contribution < 1.29 is 28.5 Å². The Labute approximate surface area is 230 Å². The number of fused-ring (bicyclic) bond motifs is 2. The van der Waals surface area contributed by atoms with Crippen molar-refractivity contribution in [3.8, 4) is 34.3 Å². The summed E-state index contributed by atoms with van der Waals surface area (Å²) in [6.45, 7) is 5.49. The van der Waals surface area contributed by atoms with E-state index in [2.05, 4.69) is 0 Å². The number of hydrogen-bond acceptors (Lipinski definition) is 8. The quantitative estimate of drug-likeness (QED) is 0.242. The van der Waals surface area contributed by atoms with Crippen LogP contribution in [0.25, 0.3) is 33.3 Å². The molecule has 2 heterocycles. The maximum absolute atomic E-state index is 12.2. The van der Waals surface area contributed by atoms with Crippen LogP contribution in [0.4, 0.5) is 0 Å². The van der Waals surface area contributed by atoms with Gasteiger partial charge in [0, 0.05) is 35.4 Å². The van der Waals surface area contributed by atoms with Crippen LogP contribution in [-0.2, 0) is 6.42 Å². The summed E-state index contributed by atoms with van der Waals surface area (Å²) in [5, 5.41) is 20.7. The summed E-state index contributed by atoms with van der Waals surface area (Å²) >= 11 is 0. The van der Waals surface area contributed by atoms with E-state index in [0.717, 1.165) is 11.1 Å². The van der Waals surface area contributed by atoms with Crippen molar-refractivity contribution >= 4 is 21.9 Å². The summed E-state index contributed by atoms with van der Waals surface area (Å²) in [6, 6.07) is 16.7. The predicted octanol–water partition coefficient (Wildman–Crippen LogP) is 6.50. The van der Waals surface area contributed by atoms with Crippen molar-refractivity contribution in [3.05, 3.63) is 104 Å². The molecule has 8 heteroatoms. The van der Waals surface area contributed by atoms with Gasteiger partial charge in [0.05, 0.1) is 19.6 Å². The average Bonchev–Trinajstić information content (AvgIpc) is 2.92. The highest BCUT2D eigenvalue weighted by Gasteiger charge is 2.16. The lowest BCUT2D eigenvalue weighted by Crippen LogP contribution is -2.02. The zero-order chi connectivity index (χ0) is 29.0. The molecule has 0 bridgehead atoms. The molecule has 206 valence electrons. The molecule has 2 N–H and O–H groups in total. The minimum Gasteiger partial charge on any atom is -0.507 e. The minimum absolute atomic E-state index is 0.0729. The molecule has 0 saturated heterocycles. The zero-order valence-corrected chi connectivity index (χ0v) is 22.9. The van der Waals surface area contributed by atoms with Crippen molar-refractivity contribution in [2.24, 2.45) is 0 Å². The van der Waals surface area contributed by atoms with Crippen LogP contribution >= 0.6 is 0 Å². The Bertz CT molecular complexity index is 1840. The predicted molar refractivity (Wildman–Crippen MR) is 155 cm³/mol. The Morgan fingerprint density at radius 1 is 0.850 bits per heavy atom. The maximum Gasteiger partial charge on any atom is 0.196 e. The number of allylic oxidation sites excluding steroid dienone is 2. The molecular formula is C32H30O8. The number of benzene rings is 3. The summed E-state index contributed by atoms with van der Waals surface area (Å²) in [5.41, 5.74) is 2.49. The molecule has 8 nitrogen and oxygen atoms in total. The SMILES string of the molecule is CC(C)=CCc1c(O)cc2oc(C)cc(=O)c2c1O.COc1cccc(-c2cc(=O)c3ccc(OC)cc3o2)c1. The molecule has 3 aromatic carbocycles. The number of phenolic OH excluding ortho intramolecular Hbond substituents is 2. The highest BCUT2D eigenvalue weighted by Crippen LogP contribution is 2.35. The summed E-state index contributed by atoms with van der Waals surface area (Å²) in [6.07, 6.45) is 2.24. The first-order valence-electron chi connectivity index (χ1n) is 12.5. The summed E-state index contributed by atoms with van der Waals surface area (Å²) in [4.78, 5) is 24.1. The van der Waals surface area contributed by atoms with Gasteiger partial charge in [-0.15, -0.1) is 0 Å². The van der Waals surface area contributed by atoms with Crippen LogP contribution in [-0.4, -0.2) is 24.4 Å². The third kappa shape index (κ3) is 6.02. The topological polar surface area (TPSA) is 119 Å². The van der Waals surface area contributed by atoms with Crippen LogP contribution in [0.1, 0.15) is 25.2 Å². The van der Waals surface area contributed by atoms with Gasteiger partial charge in [0.15, 0.2) is 10.9 Å². The Hall–Kier alpha value is -4.98. The van der Waals surface area contributed by atoms with Crippen LogP contribution in [0.5, 0.6) is 23.0 Å². The standard InChI is InChI=1S/C17H14O4.C15H16O4/c1-19-12-5-3-4-11(8-12)16-10-15(18)14-7-6-13(20-2)9-17(14)21-16;1-8(2)4-5-10-11(16)7-13-14(15(10)18)12(17)6-9(3)19-13/h3-10H,1-2H3;4,6-7,16,18H,5H2,1-3H3. The molecule has 2 aromatic heterocycles. The number of aryl methyl sites for hydroxylation is 1. The van der Waals surface area contributed by atoms with Crippen molar-refractivity contribution in [2.75, 3.05) is 14.2 Å². The van der Waals surface area contributed by atoms with Gasteiger partial charge in [-0.25, -0.2) is 0 Å². The van der Waals surface area contributed by atoms with Gasteiger partial charge >= 0.3 is 0 Å². The molecule has 40 heavy (non-hydrogen) atoms. The van der Waals surface area contributed by atoms with E-state index in [1.54, 1.807) is 39.3 Å². The monoisotopic (exact) mass is 542 g/mol. The van der Waals surface area contributed by atoms with Crippen LogP contribution in [0.15, 0.2) is 90.7 Å². The second-order valence-corrected chi connectivity index (χ2v) is 9.37. The van der Waals surface area contributed by atoms with E-state index in [1.807, 2.05) is 44.2 Å². The van der Waals surface area contributed by atoms with Gasteiger partial charge in [-0.2, -0.15) is 0 Å². The molecule has 0 saturated carbocycles. The smallest absolute Gasteiger partial charge is 0.196 e. The fourth-order valence-corrected chi connectivity index (χ4v) is 4.14. The fraction of sp³-hybridized carbons (Fsp3) is 0.188. The first-order chi connectivity index (χ1) is 19.1. The Morgan fingerprint density at radius 3 is 2.27 bits per heavy atom. The van der Waals surface area contributed by atoms with Crippen LogP contribution in [0.2, 0.25) is 0 Å². The first-order valence-corrected chi connectivity index (χ1v) is 12.5. The molecule has 0 atom stereocenters. The lowest BCUT2D eigenvalue weighted by molar-refractivity contribution is 0.414. The molecule has 5 aromatic rings. The molecule has 0 radical (unpaired) electrons. The number of rotatable bonds is 5. The minimum atomic E-state index is -0.310. The lowest BCUT2D eigenvalue weighted by atomic mass is 10.0. The van der Waals surface area contributed by atoms with Crippen LogP contribution in [0, 0.1) is 6.92 Å². The lowest BCUT2D eigenvalue weighted by Gasteiger charge is -2.08. The van der Waals surface area contributed by atoms with E-state index in [9.17, 15) is 19.8 Å². The molecule has 5 rings (SSSR count). The third-order valence-corrected chi connectivity index (χ3v) is 6.20. The highest BCUT2D eigenvalue weighted by atomic mass is 16.5. The third-order valence-electron chi connectivity index (χ3n) is 6.20. The van der Waals surface area contributed by atoms with Gasteiger partial charge in [0.1, 0.15) is 51.1 Å². The van der Waals surface area contributed by atoms with E-state index in [-0.39, 0.29) is 33.3 Å². The second kappa shape index (κ2) is 11.8. The fourth-order valence-electron chi connectivity index (χ4n) is 4.14. The Morgan fingerprint density at radius 2 is 1.57 bits per heavy atom. The second-order valence-electron chi connectivity index (χ2n) is 9.37. The van der Waals surface area contributed by atoms with Crippen molar-refractivity contribution in [3.63, 3.8) is 0 Å². The van der Waals surface area contributed by atoms with Gasteiger partial charge in [-0.1, -0.05) is 23.8 Å². The normalized spacial score (nSPS) is 10.6. The average molecular weight is 543 g/mol. The van der Waals surface area contributed by atoms with Gasteiger partial charge in [-0.05, 0) is 51.5 Å². The number of methoxy groups -OCH3 is 2. The van der Waals surface area contributed by atoms with Crippen molar-refractivity contribution in [1.82, 2.24) is 0 Å². The molecule has 0 amide bonds. The zero-order valence-electron chi connectivity index (χ0n) is 22.9. The Balaban J connectivity index is 0.000000186. The largest absolute Gasteiger partial charge is 0.507 e. The molecule has 0 aliphatic rings. The maximum atomic E-state index is 12.2. The summed E-state index contributed by atoms with van der Waals surface area (Å²) in [5.74, 6) is 2.01. The van der Waals surface area contributed by atoms with Crippen LogP contribution < -0.4 is 20.3 Å². The Kier molecular flexibility index (Phi) is 8.29. The van der Waals surface area contributed by atoms with E-state index in [1.165, 1.54) is 18.2 Å². The van der Waals surface area contributed by atoms with E-state index >= 15 is 0 Å². The molecule has 0 aliphatic heterocycles. The number of aromatic hydroxyl groups is 2. The van der Waals surface area contributed by atoms with Gasteiger partial charge < -0.3 is 28.5 Å². The molecule has 0 fully saturated rings. The van der Waals surface area contributed by atoms with Crippen molar-refractivity contribution in [2.45, 2.75) is 27.2 Å². The summed E-state index contributed by atoms with van der Waals surface area (Å²) in [7, 11) is 3.17. The molecule has 0 spiro atoms. The van der Waals surface area contributed by atoms with E-state index < -0.39 is 0 Å². The van der Waals surface area contributed by atoms with E-state index in [4.69, 9.17) is 18.3 Å².